The largest absolute Gasteiger partial charge is 4.00 e. The molecule has 4 aliphatic heterocycles. The summed E-state index contributed by atoms with van der Waals surface area (Å²) in [6.07, 6.45) is 16.8. The number of rotatable bonds is 9. The minimum atomic E-state index is -0.337. The summed E-state index contributed by atoms with van der Waals surface area (Å²) in [5.41, 5.74) is 16.1. The van der Waals surface area contributed by atoms with Crippen molar-refractivity contribution in [2.75, 3.05) is 39.2 Å². The van der Waals surface area contributed by atoms with E-state index >= 15 is 0 Å². The normalized spacial score (nSPS) is 15.3. The SMILES string of the molecule is Cc1ccc(N2C=CN(c3[c-]c4c(cc3)c3ccc(N5C=CN(c6ccc(C)cc6)[CH-]5)[c-]c3n4-c3[c-]c(N4C=CN(c5ccc(C)cc5)[CH-]4)c(C(C)(C)C)c(N4C=CN(c5ccc(C)cc5)[CH-]4)[c-]3)[CH-]2)cc1.[Pt+4].[Pt+4]. The standard InChI is InChI=1S/C62H53N9.2Pt/c1-44-8-16-48(17-9-44)63-28-30-67(40-63)52-24-26-55-56-27-25-53(68-31-29-64(41-68)49-18-10-45(2)11-19-49)37-58(56)71(57(55)36-52)54-38-59(69-34-32-65(42-69)50-20-12-46(3)13-21-50)61(62(5,6)7)60(39-54)70-35-33-66(43-70)51-22-14-47(4)15-23-51;;/h8-35,40-43H,1-7H3;;/q-8;2*+4. The summed E-state index contributed by atoms with van der Waals surface area (Å²) in [6.45, 7) is 23.8. The molecule has 73 heavy (non-hydrogen) atoms. The van der Waals surface area contributed by atoms with Gasteiger partial charge >= 0.3 is 42.1 Å². The zero-order valence-corrected chi connectivity index (χ0v) is 46.2. The molecule has 0 saturated heterocycles. The van der Waals surface area contributed by atoms with E-state index in [-0.39, 0.29) is 47.5 Å². The van der Waals surface area contributed by atoms with Crippen molar-refractivity contribution < 1.29 is 42.1 Å². The minimum Gasteiger partial charge on any atom is -0.519 e. The molecule has 0 N–H and O–H groups in total. The average molecular weight is 1310 g/mol. The third-order valence-corrected chi connectivity index (χ3v) is 13.4. The molecule has 0 fully saturated rings. The van der Waals surface area contributed by atoms with E-state index in [4.69, 9.17) is 0 Å². The third-order valence-electron chi connectivity index (χ3n) is 13.4. The van der Waals surface area contributed by atoms with Crippen molar-refractivity contribution in [3.8, 4) is 5.69 Å². The summed E-state index contributed by atoms with van der Waals surface area (Å²) in [5, 5.41) is 2.10. The Kier molecular flexibility index (Phi) is 13.5. The van der Waals surface area contributed by atoms with Crippen molar-refractivity contribution in [3.63, 3.8) is 0 Å². The van der Waals surface area contributed by atoms with Gasteiger partial charge in [-0.2, -0.15) is 35.0 Å². The zero-order chi connectivity index (χ0) is 48.5. The summed E-state index contributed by atoms with van der Waals surface area (Å²) in [4.78, 5) is 17.3. The van der Waals surface area contributed by atoms with Crippen LogP contribution in [0.1, 0.15) is 48.6 Å². The number of hydrogen-bond acceptors (Lipinski definition) is 8. The minimum absolute atomic E-state index is 0. The van der Waals surface area contributed by atoms with Crippen LogP contribution in [0.4, 0.5) is 45.5 Å². The second-order valence-electron chi connectivity index (χ2n) is 19.7. The van der Waals surface area contributed by atoms with Crippen LogP contribution < -0.4 is 39.2 Å². The molecule has 0 radical (unpaired) electrons. The average Bonchev–Trinajstić information content (AvgIpc) is 4.24. The zero-order valence-electron chi connectivity index (χ0n) is 41.6. The van der Waals surface area contributed by atoms with Gasteiger partial charge in [0.15, 0.2) is 0 Å². The van der Waals surface area contributed by atoms with E-state index in [9.17, 15) is 0 Å². The number of anilines is 8. The first-order valence-corrected chi connectivity index (χ1v) is 24.0. The number of aryl methyl sites for hydroxylation is 4. The monoisotopic (exact) mass is 1310 g/mol. The van der Waals surface area contributed by atoms with Gasteiger partial charge in [0, 0.05) is 22.7 Å². The molecular formula is C62H53N9Pt2. The van der Waals surface area contributed by atoms with E-state index in [1.807, 2.05) is 0 Å². The Bertz CT molecular complexity index is 3220. The van der Waals surface area contributed by atoms with Gasteiger partial charge in [0.25, 0.3) is 0 Å². The molecule has 11 heteroatoms. The molecule has 5 heterocycles. The van der Waals surface area contributed by atoms with Crippen molar-refractivity contribution in [2.24, 2.45) is 0 Å². The summed E-state index contributed by atoms with van der Waals surface area (Å²) in [5.74, 6) is 0. The van der Waals surface area contributed by atoms with Gasteiger partial charge in [0.1, 0.15) is 0 Å². The molecule has 4 aliphatic rings. The molecule has 0 bridgehead atoms. The Balaban J connectivity index is 0.00000306. The second-order valence-corrected chi connectivity index (χ2v) is 19.7. The number of nitrogens with zero attached hydrogens (tertiary/aromatic N) is 9. The number of aromatic nitrogens is 1. The quantitative estimate of drug-likeness (QED) is 0.132. The fourth-order valence-electron chi connectivity index (χ4n) is 9.52. The fraction of sp³-hybridized carbons (Fsp3) is 0.129. The smallest absolute Gasteiger partial charge is 0.519 e. The summed E-state index contributed by atoms with van der Waals surface area (Å²) >= 11 is 0. The third kappa shape index (κ3) is 9.50. The molecule has 0 unspecified atom stereocenters. The maximum atomic E-state index is 4.01. The Morgan fingerprint density at radius 1 is 0.342 bits per heavy atom. The van der Waals surface area contributed by atoms with Crippen LogP contribution in [0, 0.1) is 78.6 Å². The first-order chi connectivity index (χ1) is 34.4. The molecule has 0 atom stereocenters. The van der Waals surface area contributed by atoms with E-state index in [1.165, 1.54) is 22.3 Å². The van der Waals surface area contributed by atoms with Gasteiger partial charge in [-0.15, -0.1) is 55.6 Å². The van der Waals surface area contributed by atoms with Crippen LogP contribution in [-0.2, 0) is 47.5 Å². The first-order valence-electron chi connectivity index (χ1n) is 24.0. The molecule has 9 nitrogen and oxygen atoms in total. The van der Waals surface area contributed by atoms with Crippen LogP contribution >= 0.6 is 0 Å². The first kappa shape index (κ1) is 49.6. The van der Waals surface area contributed by atoms with Gasteiger partial charge in [-0.05, 0) is 126 Å². The molecule has 7 aromatic carbocycles. The van der Waals surface area contributed by atoms with Crippen molar-refractivity contribution in [3.05, 3.63) is 250 Å². The molecule has 8 aromatic rings. The molecule has 0 spiro atoms. The maximum Gasteiger partial charge on any atom is 4.00 e. The van der Waals surface area contributed by atoms with Crippen molar-refractivity contribution >= 4 is 67.3 Å². The van der Waals surface area contributed by atoms with E-state index in [2.05, 4.69) is 314 Å². The summed E-state index contributed by atoms with van der Waals surface area (Å²) in [7, 11) is 0. The molecule has 0 amide bonds. The van der Waals surface area contributed by atoms with Gasteiger partial charge in [0.2, 0.25) is 0 Å². The molecule has 0 aliphatic carbocycles. The molecule has 12 rings (SSSR count). The number of benzene rings is 7. The van der Waals surface area contributed by atoms with Crippen LogP contribution in [0.3, 0.4) is 0 Å². The van der Waals surface area contributed by atoms with Gasteiger partial charge < -0.3 is 55.9 Å². The van der Waals surface area contributed by atoms with Crippen LogP contribution in [0.2, 0.25) is 0 Å². The maximum absolute atomic E-state index is 4.01. The predicted molar refractivity (Wildman–Crippen MR) is 293 cm³/mol. The van der Waals surface area contributed by atoms with E-state index in [0.717, 1.165) is 78.6 Å². The molecule has 366 valence electrons. The van der Waals surface area contributed by atoms with E-state index in [1.54, 1.807) is 0 Å². The van der Waals surface area contributed by atoms with Crippen LogP contribution in [0.5, 0.6) is 0 Å². The Morgan fingerprint density at radius 2 is 0.630 bits per heavy atom. The Hall–Kier alpha value is -6.92. The van der Waals surface area contributed by atoms with Gasteiger partial charge in [-0.3, -0.25) is 0 Å². The van der Waals surface area contributed by atoms with Crippen LogP contribution in [0.25, 0.3) is 27.5 Å². The Labute approximate surface area is 459 Å². The van der Waals surface area contributed by atoms with Crippen LogP contribution in [0.15, 0.2) is 171 Å². The van der Waals surface area contributed by atoms with Gasteiger partial charge in [-0.1, -0.05) is 103 Å². The number of hydrogen-bond donors (Lipinski definition) is 0. The fourth-order valence-corrected chi connectivity index (χ4v) is 9.52. The van der Waals surface area contributed by atoms with E-state index in [0.29, 0.717) is 0 Å². The van der Waals surface area contributed by atoms with Crippen molar-refractivity contribution in [1.29, 1.82) is 0 Å². The molecule has 0 saturated carbocycles. The summed E-state index contributed by atoms with van der Waals surface area (Å²) in [6, 6.07) is 58.9. The molecule has 1 aromatic heterocycles. The van der Waals surface area contributed by atoms with Gasteiger partial charge in [0.05, 0.1) is 0 Å². The summed E-state index contributed by atoms with van der Waals surface area (Å²) < 4.78 is 2.25. The van der Waals surface area contributed by atoms with Gasteiger partial charge in [-0.25, -0.2) is 22.6 Å². The van der Waals surface area contributed by atoms with Crippen LogP contribution in [-0.4, -0.2) is 4.57 Å². The molecular weight excluding hydrogens is 1260 g/mol. The predicted octanol–water partition coefficient (Wildman–Crippen LogP) is 14.2. The second kappa shape index (κ2) is 19.8. The topological polar surface area (TPSA) is 30.9 Å². The van der Waals surface area contributed by atoms with Crippen molar-refractivity contribution in [1.82, 2.24) is 4.57 Å². The van der Waals surface area contributed by atoms with E-state index < -0.39 is 0 Å². The Morgan fingerprint density at radius 3 is 0.945 bits per heavy atom. The number of fused-ring (bicyclic) bond motifs is 3. The van der Waals surface area contributed by atoms with Crippen molar-refractivity contribution in [2.45, 2.75) is 53.9 Å².